The molecule has 0 spiro atoms. The molecule has 1 amide bonds. The Morgan fingerprint density at radius 2 is 1.68 bits per heavy atom. The van der Waals surface area contributed by atoms with E-state index in [9.17, 15) is 9.90 Å². The van der Waals surface area contributed by atoms with E-state index < -0.39 is 5.92 Å². The maximum absolute atomic E-state index is 12.4. The molecule has 22 heavy (non-hydrogen) atoms. The normalized spacial score (nSPS) is 16.6. The maximum Gasteiger partial charge on any atom is 0.236 e. The molecule has 0 aromatic heterocycles. The maximum atomic E-state index is 12.4. The van der Waals surface area contributed by atoms with Crippen molar-refractivity contribution in [3.8, 4) is 5.75 Å². The van der Waals surface area contributed by atoms with Gasteiger partial charge in [0.2, 0.25) is 5.91 Å². The second kappa shape index (κ2) is 4.75. The number of hydrogen-bond acceptors (Lipinski definition) is 2. The summed E-state index contributed by atoms with van der Waals surface area (Å²) < 4.78 is 0. The van der Waals surface area contributed by atoms with E-state index in [-0.39, 0.29) is 11.7 Å². The fraction of sp³-hybridized carbons (Fsp3) is 0.0556. The van der Waals surface area contributed by atoms with Gasteiger partial charge in [0.1, 0.15) is 5.75 Å². The molecule has 3 aromatic rings. The number of carbonyl (C=O) groups excluding carboxylic acids is 1. The highest BCUT2D eigenvalue weighted by molar-refractivity contribution is 6.30. The van der Waals surface area contributed by atoms with Crippen LogP contribution < -0.4 is 5.32 Å². The number of amides is 1. The lowest BCUT2D eigenvalue weighted by atomic mass is 9.90. The van der Waals surface area contributed by atoms with Gasteiger partial charge in [-0.3, -0.25) is 4.79 Å². The third kappa shape index (κ3) is 1.94. The highest BCUT2D eigenvalue weighted by Gasteiger charge is 2.34. The van der Waals surface area contributed by atoms with E-state index >= 15 is 0 Å². The lowest BCUT2D eigenvalue weighted by Gasteiger charge is -2.12. The molecule has 1 unspecified atom stereocenters. The molecular weight excluding hydrogens is 298 g/mol. The zero-order valence-electron chi connectivity index (χ0n) is 11.5. The van der Waals surface area contributed by atoms with Crippen LogP contribution in [-0.4, -0.2) is 11.0 Å². The second-order valence-corrected chi connectivity index (χ2v) is 5.85. The number of aromatic hydroxyl groups is 1. The molecule has 3 aromatic carbocycles. The first-order valence-corrected chi connectivity index (χ1v) is 7.33. The minimum Gasteiger partial charge on any atom is -0.508 e. The summed E-state index contributed by atoms with van der Waals surface area (Å²) in [7, 11) is 0. The average Bonchev–Trinajstić information content (AvgIpc) is 2.82. The number of fused-ring (bicyclic) bond motifs is 2. The van der Waals surface area contributed by atoms with Gasteiger partial charge in [0, 0.05) is 16.3 Å². The molecular formula is C18H12ClNO2. The van der Waals surface area contributed by atoms with Crippen molar-refractivity contribution in [2.24, 2.45) is 0 Å². The van der Waals surface area contributed by atoms with E-state index in [1.165, 1.54) is 6.07 Å². The summed E-state index contributed by atoms with van der Waals surface area (Å²) in [4.78, 5) is 12.4. The fourth-order valence-corrected chi connectivity index (χ4v) is 3.20. The molecule has 0 saturated carbocycles. The number of nitrogens with one attached hydrogen (secondary N) is 1. The molecule has 1 aliphatic rings. The molecule has 4 heteroatoms. The lowest BCUT2D eigenvalue weighted by Crippen LogP contribution is -2.13. The van der Waals surface area contributed by atoms with Crippen LogP contribution in [0.25, 0.3) is 10.8 Å². The third-order valence-corrected chi connectivity index (χ3v) is 4.28. The van der Waals surface area contributed by atoms with Gasteiger partial charge in [-0.1, -0.05) is 35.9 Å². The van der Waals surface area contributed by atoms with E-state index in [0.717, 1.165) is 22.0 Å². The van der Waals surface area contributed by atoms with Gasteiger partial charge in [-0.05, 0) is 46.7 Å². The van der Waals surface area contributed by atoms with Crippen molar-refractivity contribution in [3.05, 3.63) is 70.7 Å². The minimum atomic E-state index is -0.543. The van der Waals surface area contributed by atoms with Crippen molar-refractivity contribution in [2.75, 3.05) is 5.32 Å². The Labute approximate surface area is 132 Å². The predicted molar refractivity (Wildman–Crippen MR) is 87.5 cm³/mol. The summed E-state index contributed by atoms with van der Waals surface area (Å²) >= 11 is 6.02. The van der Waals surface area contributed by atoms with Gasteiger partial charge in [0.25, 0.3) is 0 Å². The van der Waals surface area contributed by atoms with Crippen molar-refractivity contribution in [2.45, 2.75) is 5.92 Å². The SMILES string of the molecule is O=C1Nc2cc3ccccc3cc2C1c1cc(Cl)ccc1O. The van der Waals surface area contributed by atoms with Crippen LogP contribution in [0.5, 0.6) is 5.75 Å². The molecule has 0 saturated heterocycles. The molecule has 1 atom stereocenters. The lowest BCUT2D eigenvalue weighted by molar-refractivity contribution is -0.116. The molecule has 0 fully saturated rings. The quantitative estimate of drug-likeness (QED) is 0.705. The smallest absolute Gasteiger partial charge is 0.236 e. The number of phenols is 1. The van der Waals surface area contributed by atoms with E-state index in [1.54, 1.807) is 12.1 Å². The zero-order chi connectivity index (χ0) is 15.3. The highest BCUT2D eigenvalue weighted by Crippen LogP contribution is 2.42. The highest BCUT2D eigenvalue weighted by atomic mass is 35.5. The van der Waals surface area contributed by atoms with Crippen molar-refractivity contribution in [1.29, 1.82) is 0 Å². The van der Waals surface area contributed by atoms with Crippen LogP contribution in [0.1, 0.15) is 17.0 Å². The molecule has 3 nitrogen and oxygen atoms in total. The van der Waals surface area contributed by atoms with E-state index in [0.29, 0.717) is 10.6 Å². The summed E-state index contributed by atoms with van der Waals surface area (Å²) in [6.45, 7) is 0. The Balaban J connectivity index is 1.95. The number of benzene rings is 3. The van der Waals surface area contributed by atoms with Crippen LogP contribution in [-0.2, 0) is 4.79 Å². The number of halogens is 1. The number of phenolic OH excluding ortho intramolecular Hbond substituents is 1. The van der Waals surface area contributed by atoms with Gasteiger partial charge in [-0.2, -0.15) is 0 Å². The molecule has 108 valence electrons. The summed E-state index contributed by atoms with van der Waals surface area (Å²) in [5.41, 5.74) is 2.17. The van der Waals surface area contributed by atoms with Gasteiger partial charge < -0.3 is 10.4 Å². The van der Waals surface area contributed by atoms with Crippen LogP contribution in [0.3, 0.4) is 0 Å². The van der Waals surface area contributed by atoms with Gasteiger partial charge >= 0.3 is 0 Å². The van der Waals surface area contributed by atoms with Crippen LogP contribution in [0.2, 0.25) is 5.02 Å². The van der Waals surface area contributed by atoms with Crippen molar-refractivity contribution >= 4 is 34.0 Å². The van der Waals surface area contributed by atoms with E-state index in [4.69, 9.17) is 11.6 Å². The van der Waals surface area contributed by atoms with Gasteiger partial charge in [0.05, 0.1) is 5.92 Å². The Kier molecular flexibility index (Phi) is 2.84. The molecule has 1 heterocycles. The first-order chi connectivity index (χ1) is 10.6. The summed E-state index contributed by atoms with van der Waals surface area (Å²) in [6, 6.07) is 16.7. The number of carbonyl (C=O) groups is 1. The van der Waals surface area contributed by atoms with Gasteiger partial charge in [0.15, 0.2) is 0 Å². The molecule has 4 rings (SSSR count). The third-order valence-electron chi connectivity index (χ3n) is 4.05. The standard InChI is InChI=1S/C18H12ClNO2/c19-12-5-6-16(21)14(9-12)17-13-7-10-3-1-2-4-11(10)8-15(13)20-18(17)22/h1-9,17,21H,(H,20,22). The Morgan fingerprint density at radius 1 is 0.955 bits per heavy atom. The Bertz CT molecular complexity index is 920. The van der Waals surface area contributed by atoms with E-state index in [1.807, 2.05) is 36.4 Å². The summed E-state index contributed by atoms with van der Waals surface area (Å²) in [5, 5.41) is 15.6. The monoisotopic (exact) mass is 309 g/mol. The Hall–Kier alpha value is -2.52. The van der Waals surface area contributed by atoms with Crippen molar-refractivity contribution in [3.63, 3.8) is 0 Å². The molecule has 0 aliphatic carbocycles. The molecule has 2 N–H and O–H groups in total. The fourth-order valence-electron chi connectivity index (χ4n) is 3.02. The van der Waals surface area contributed by atoms with Crippen LogP contribution in [0.15, 0.2) is 54.6 Å². The molecule has 1 aliphatic heterocycles. The predicted octanol–water partition coefficient (Wildman–Crippen LogP) is 4.28. The van der Waals surface area contributed by atoms with Gasteiger partial charge in [-0.25, -0.2) is 0 Å². The van der Waals surface area contributed by atoms with E-state index in [2.05, 4.69) is 5.32 Å². The van der Waals surface area contributed by atoms with Gasteiger partial charge in [-0.15, -0.1) is 0 Å². The summed E-state index contributed by atoms with van der Waals surface area (Å²) in [6.07, 6.45) is 0. The van der Waals surface area contributed by atoms with Crippen molar-refractivity contribution in [1.82, 2.24) is 0 Å². The van der Waals surface area contributed by atoms with Crippen LogP contribution in [0.4, 0.5) is 5.69 Å². The van der Waals surface area contributed by atoms with Crippen molar-refractivity contribution < 1.29 is 9.90 Å². The average molecular weight is 310 g/mol. The number of rotatable bonds is 1. The first kappa shape index (κ1) is 13.2. The zero-order valence-corrected chi connectivity index (χ0v) is 12.3. The Morgan fingerprint density at radius 3 is 2.45 bits per heavy atom. The molecule has 0 bridgehead atoms. The summed E-state index contributed by atoms with van der Waals surface area (Å²) in [5.74, 6) is -0.619. The number of anilines is 1. The number of hydrogen-bond donors (Lipinski definition) is 2. The van der Waals surface area contributed by atoms with Crippen LogP contribution in [0, 0.1) is 0 Å². The molecule has 0 radical (unpaired) electrons. The first-order valence-electron chi connectivity index (χ1n) is 6.95. The van der Waals surface area contributed by atoms with Crippen LogP contribution >= 0.6 is 11.6 Å². The topological polar surface area (TPSA) is 49.3 Å². The largest absolute Gasteiger partial charge is 0.508 e. The minimum absolute atomic E-state index is 0.0746. The second-order valence-electron chi connectivity index (χ2n) is 5.41.